The van der Waals surface area contributed by atoms with Crippen LogP contribution in [-0.2, 0) is 4.74 Å². The van der Waals surface area contributed by atoms with Crippen LogP contribution in [0, 0.1) is 11.3 Å². The van der Waals surface area contributed by atoms with E-state index in [1.165, 1.54) is 0 Å². The van der Waals surface area contributed by atoms with E-state index in [0.717, 1.165) is 6.42 Å². The highest BCUT2D eigenvalue weighted by Gasteiger charge is 2.09. The minimum Gasteiger partial charge on any atom is -0.491 e. The average molecular weight is 278 g/mol. The van der Waals surface area contributed by atoms with Crippen molar-refractivity contribution >= 4 is 0 Å². The van der Waals surface area contributed by atoms with Gasteiger partial charge in [0.25, 0.3) is 0 Å². The molecular formula is C15H22N2O3. The summed E-state index contributed by atoms with van der Waals surface area (Å²) in [5.41, 5.74) is 0.588. The summed E-state index contributed by atoms with van der Waals surface area (Å²) in [6.45, 7) is 3.36. The Morgan fingerprint density at radius 3 is 2.55 bits per heavy atom. The molecule has 0 radical (unpaired) electrons. The van der Waals surface area contributed by atoms with Crippen LogP contribution in [0.2, 0.25) is 0 Å². The van der Waals surface area contributed by atoms with Crippen molar-refractivity contribution in [2.24, 2.45) is 0 Å². The Labute approximate surface area is 120 Å². The molecule has 0 aromatic heterocycles. The first-order valence-corrected chi connectivity index (χ1v) is 6.73. The van der Waals surface area contributed by atoms with Crippen molar-refractivity contribution in [1.29, 1.82) is 5.26 Å². The number of benzene rings is 1. The van der Waals surface area contributed by atoms with Gasteiger partial charge in [-0.2, -0.15) is 5.26 Å². The fraction of sp³-hybridized carbons (Fsp3) is 0.533. The molecule has 2 atom stereocenters. The molecule has 0 aliphatic carbocycles. The zero-order valence-corrected chi connectivity index (χ0v) is 12.0. The molecule has 1 rings (SSSR count). The Hall–Kier alpha value is -1.61. The lowest BCUT2D eigenvalue weighted by atomic mass is 10.2. The van der Waals surface area contributed by atoms with Gasteiger partial charge in [0.1, 0.15) is 18.5 Å². The highest BCUT2D eigenvalue weighted by atomic mass is 16.5. The van der Waals surface area contributed by atoms with E-state index in [2.05, 4.69) is 12.2 Å². The first-order chi connectivity index (χ1) is 9.69. The summed E-state index contributed by atoms with van der Waals surface area (Å²) in [6.07, 6.45) is 0.355. The molecule has 5 nitrogen and oxygen atoms in total. The normalized spacial score (nSPS) is 13.5. The molecule has 110 valence electrons. The van der Waals surface area contributed by atoms with Gasteiger partial charge in [0.05, 0.1) is 18.2 Å². The van der Waals surface area contributed by atoms with E-state index >= 15 is 0 Å². The van der Waals surface area contributed by atoms with E-state index in [4.69, 9.17) is 14.7 Å². The van der Waals surface area contributed by atoms with Crippen molar-refractivity contribution in [1.82, 2.24) is 5.32 Å². The average Bonchev–Trinajstić information content (AvgIpc) is 2.49. The van der Waals surface area contributed by atoms with Crippen LogP contribution in [0.15, 0.2) is 24.3 Å². The third kappa shape index (κ3) is 6.02. The zero-order chi connectivity index (χ0) is 14.8. The molecule has 0 fully saturated rings. The minimum atomic E-state index is -0.587. The summed E-state index contributed by atoms with van der Waals surface area (Å²) in [6, 6.07) is 9.10. The SMILES string of the molecule is CCC(COC)NCC(O)COc1ccc(C#N)cc1. The van der Waals surface area contributed by atoms with E-state index in [1.54, 1.807) is 31.4 Å². The summed E-state index contributed by atoms with van der Waals surface area (Å²) in [7, 11) is 1.66. The first-order valence-electron chi connectivity index (χ1n) is 6.73. The molecule has 0 spiro atoms. The summed E-state index contributed by atoms with van der Waals surface area (Å²) < 4.78 is 10.5. The van der Waals surface area contributed by atoms with E-state index in [0.29, 0.717) is 24.5 Å². The van der Waals surface area contributed by atoms with E-state index in [1.807, 2.05) is 6.07 Å². The van der Waals surface area contributed by atoms with Crippen LogP contribution in [-0.4, -0.2) is 44.1 Å². The van der Waals surface area contributed by atoms with Crippen LogP contribution in [0.25, 0.3) is 0 Å². The van der Waals surface area contributed by atoms with Crippen LogP contribution in [0.5, 0.6) is 5.75 Å². The standard InChI is InChI=1S/C15H22N2O3/c1-3-13(10-19-2)17-9-14(18)11-20-15-6-4-12(8-16)5-7-15/h4-7,13-14,17-18H,3,9-11H2,1-2H3. The molecule has 20 heavy (non-hydrogen) atoms. The number of rotatable bonds is 9. The predicted molar refractivity (Wildman–Crippen MR) is 76.6 cm³/mol. The second-order valence-electron chi connectivity index (χ2n) is 4.57. The molecule has 0 amide bonds. The molecule has 0 bridgehead atoms. The number of hydrogen-bond acceptors (Lipinski definition) is 5. The van der Waals surface area contributed by atoms with Crippen molar-refractivity contribution in [3.63, 3.8) is 0 Å². The lowest BCUT2D eigenvalue weighted by Gasteiger charge is -2.19. The number of methoxy groups -OCH3 is 1. The number of nitrogens with one attached hydrogen (secondary N) is 1. The van der Waals surface area contributed by atoms with Gasteiger partial charge in [0.15, 0.2) is 0 Å². The van der Waals surface area contributed by atoms with Gasteiger partial charge >= 0.3 is 0 Å². The van der Waals surface area contributed by atoms with Crippen LogP contribution < -0.4 is 10.1 Å². The molecule has 5 heteroatoms. The third-order valence-electron chi connectivity index (χ3n) is 2.93. The predicted octanol–water partition coefficient (Wildman–Crippen LogP) is 1.31. The smallest absolute Gasteiger partial charge is 0.119 e. The number of ether oxygens (including phenoxy) is 2. The van der Waals surface area contributed by atoms with Crippen molar-refractivity contribution in [3.8, 4) is 11.8 Å². The van der Waals surface area contributed by atoms with Crippen LogP contribution in [0.4, 0.5) is 0 Å². The van der Waals surface area contributed by atoms with Crippen LogP contribution in [0.3, 0.4) is 0 Å². The molecule has 0 aliphatic rings. The fourth-order valence-electron chi connectivity index (χ4n) is 1.70. The molecule has 2 N–H and O–H groups in total. The summed E-state index contributed by atoms with van der Waals surface area (Å²) in [5.74, 6) is 0.645. The third-order valence-corrected chi connectivity index (χ3v) is 2.93. The maximum Gasteiger partial charge on any atom is 0.119 e. The molecule has 0 saturated carbocycles. The minimum absolute atomic E-state index is 0.211. The number of hydrogen-bond donors (Lipinski definition) is 2. The number of nitriles is 1. The van der Waals surface area contributed by atoms with Gasteiger partial charge in [-0.05, 0) is 30.7 Å². The quantitative estimate of drug-likeness (QED) is 0.712. The molecule has 0 heterocycles. The topological polar surface area (TPSA) is 74.5 Å². The van der Waals surface area contributed by atoms with Crippen molar-refractivity contribution in [3.05, 3.63) is 29.8 Å². The highest BCUT2D eigenvalue weighted by molar-refractivity contribution is 5.34. The Morgan fingerprint density at radius 1 is 1.30 bits per heavy atom. The Morgan fingerprint density at radius 2 is 2.00 bits per heavy atom. The van der Waals surface area contributed by atoms with Crippen molar-refractivity contribution < 1.29 is 14.6 Å². The first kappa shape index (κ1) is 16.4. The second kappa shape index (κ2) is 9.32. The molecule has 2 unspecified atom stereocenters. The lowest BCUT2D eigenvalue weighted by Crippen LogP contribution is -2.39. The largest absolute Gasteiger partial charge is 0.491 e. The van der Waals surface area contributed by atoms with Crippen molar-refractivity contribution in [2.75, 3.05) is 26.9 Å². The van der Waals surface area contributed by atoms with Gasteiger partial charge in [-0.3, -0.25) is 0 Å². The lowest BCUT2D eigenvalue weighted by molar-refractivity contribution is 0.0953. The summed E-state index contributed by atoms with van der Waals surface area (Å²) in [4.78, 5) is 0. The van der Waals surface area contributed by atoms with Gasteiger partial charge in [0.2, 0.25) is 0 Å². The molecule has 0 aliphatic heterocycles. The Balaban J connectivity index is 2.28. The maximum atomic E-state index is 9.84. The van der Waals surface area contributed by atoms with Gasteiger partial charge in [0, 0.05) is 19.7 Å². The van der Waals surface area contributed by atoms with Crippen molar-refractivity contribution in [2.45, 2.75) is 25.5 Å². The highest BCUT2D eigenvalue weighted by Crippen LogP contribution is 2.11. The Kier molecular flexibility index (Phi) is 7.66. The monoisotopic (exact) mass is 278 g/mol. The van der Waals surface area contributed by atoms with Gasteiger partial charge in [-0.1, -0.05) is 6.92 Å². The fourth-order valence-corrected chi connectivity index (χ4v) is 1.70. The maximum absolute atomic E-state index is 9.84. The summed E-state index contributed by atoms with van der Waals surface area (Å²) >= 11 is 0. The Bertz CT molecular complexity index is 414. The molecule has 1 aromatic rings. The van der Waals surface area contributed by atoms with E-state index in [9.17, 15) is 5.11 Å². The number of aliphatic hydroxyl groups is 1. The van der Waals surface area contributed by atoms with E-state index < -0.39 is 6.10 Å². The number of aliphatic hydroxyl groups excluding tert-OH is 1. The van der Waals surface area contributed by atoms with Crippen LogP contribution >= 0.6 is 0 Å². The van der Waals surface area contributed by atoms with E-state index in [-0.39, 0.29) is 12.6 Å². The molecular weight excluding hydrogens is 256 g/mol. The molecule has 0 saturated heterocycles. The van der Waals surface area contributed by atoms with Gasteiger partial charge < -0.3 is 19.9 Å². The zero-order valence-electron chi connectivity index (χ0n) is 12.0. The second-order valence-corrected chi connectivity index (χ2v) is 4.57. The summed E-state index contributed by atoms with van der Waals surface area (Å²) in [5, 5.41) is 21.8. The van der Waals surface area contributed by atoms with Gasteiger partial charge in [-0.25, -0.2) is 0 Å². The molecule has 1 aromatic carbocycles. The van der Waals surface area contributed by atoms with Gasteiger partial charge in [-0.15, -0.1) is 0 Å². The number of nitrogens with zero attached hydrogens (tertiary/aromatic N) is 1. The van der Waals surface area contributed by atoms with Crippen LogP contribution in [0.1, 0.15) is 18.9 Å².